The first-order valence-corrected chi connectivity index (χ1v) is 8.62. The van der Waals surface area contributed by atoms with Crippen LogP contribution in [0.15, 0.2) is 42.5 Å². The second kappa shape index (κ2) is 7.90. The Morgan fingerprint density at radius 3 is 2.33 bits per heavy atom. The summed E-state index contributed by atoms with van der Waals surface area (Å²) >= 11 is 0. The SMILES string of the molecule is CN(Cc1ccccc1)c1ccc(C(=O)N2CCCCCC2)nn1. The van der Waals surface area contributed by atoms with Gasteiger partial charge < -0.3 is 9.80 Å². The molecule has 1 aliphatic heterocycles. The van der Waals surface area contributed by atoms with Gasteiger partial charge in [0.1, 0.15) is 0 Å². The lowest BCUT2D eigenvalue weighted by Crippen LogP contribution is -2.32. The topological polar surface area (TPSA) is 49.3 Å². The van der Waals surface area contributed by atoms with Crippen molar-refractivity contribution in [1.29, 1.82) is 0 Å². The molecule has 0 N–H and O–H groups in total. The number of carbonyl (C=O) groups is 1. The van der Waals surface area contributed by atoms with Crippen LogP contribution in [0.2, 0.25) is 0 Å². The van der Waals surface area contributed by atoms with Crippen LogP contribution in [0, 0.1) is 0 Å². The molecule has 2 aromatic rings. The fraction of sp³-hybridized carbons (Fsp3) is 0.421. The molecule has 0 saturated carbocycles. The maximum Gasteiger partial charge on any atom is 0.274 e. The number of hydrogen-bond donors (Lipinski definition) is 0. The van der Waals surface area contributed by atoms with E-state index in [0.717, 1.165) is 38.3 Å². The van der Waals surface area contributed by atoms with Gasteiger partial charge in [-0.25, -0.2) is 0 Å². The lowest BCUT2D eigenvalue weighted by Gasteiger charge is -2.20. The number of nitrogens with zero attached hydrogens (tertiary/aromatic N) is 4. The van der Waals surface area contributed by atoms with Crippen molar-refractivity contribution >= 4 is 11.7 Å². The molecule has 24 heavy (non-hydrogen) atoms. The minimum atomic E-state index is 0.00154. The van der Waals surface area contributed by atoms with Gasteiger partial charge in [0, 0.05) is 26.7 Å². The van der Waals surface area contributed by atoms with E-state index in [1.54, 1.807) is 6.07 Å². The summed E-state index contributed by atoms with van der Waals surface area (Å²) in [6, 6.07) is 13.9. The Morgan fingerprint density at radius 1 is 1.00 bits per heavy atom. The summed E-state index contributed by atoms with van der Waals surface area (Å²) in [6.07, 6.45) is 4.57. The fourth-order valence-corrected chi connectivity index (χ4v) is 3.02. The molecule has 3 rings (SSSR count). The predicted molar refractivity (Wildman–Crippen MR) is 95.0 cm³/mol. The van der Waals surface area contributed by atoms with Crippen LogP contribution < -0.4 is 4.90 Å². The average molecular weight is 324 g/mol. The van der Waals surface area contributed by atoms with Crippen molar-refractivity contribution in [3.8, 4) is 0 Å². The number of likely N-dealkylation sites (tertiary alicyclic amines) is 1. The molecule has 2 heterocycles. The van der Waals surface area contributed by atoms with Crippen molar-refractivity contribution in [1.82, 2.24) is 15.1 Å². The Hall–Kier alpha value is -2.43. The van der Waals surface area contributed by atoms with E-state index in [4.69, 9.17) is 0 Å². The minimum Gasteiger partial charge on any atom is -0.354 e. The summed E-state index contributed by atoms with van der Waals surface area (Å²) in [6.45, 7) is 2.42. The summed E-state index contributed by atoms with van der Waals surface area (Å²) in [5.41, 5.74) is 1.65. The predicted octanol–water partition coefficient (Wildman–Crippen LogP) is 3.13. The van der Waals surface area contributed by atoms with Gasteiger partial charge in [0.05, 0.1) is 0 Å². The third-order valence-corrected chi connectivity index (χ3v) is 4.42. The van der Waals surface area contributed by atoms with E-state index in [2.05, 4.69) is 22.3 Å². The summed E-state index contributed by atoms with van der Waals surface area (Å²) in [7, 11) is 1.98. The summed E-state index contributed by atoms with van der Waals surface area (Å²) in [5, 5.41) is 8.41. The molecule has 0 radical (unpaired) electrons. The zero-order chi connectivity index (χ0) is 16.8. The van der Waals surface area contributed by atoms with Gasteiger partial charge in [-0.3, -0.25) is 4.79 Å². The minimum absolute atomic E-state index is 0.00154. The molecule has 1 saturated heterocycles. The molecule has 5 heteroatoms. The van der Waals surface area contributed by atoms with Gasteiger partial charge in [0.25, 0.3) is 5.91 Å². The van der Waals surface area contributed by atoms with E-state index in [-0.39, 0.29) is 5.91 Å². The average Bonchev–Trinajstić information content (AvgIpc) is 2.91. The largest absolute Gasteiger partial charge is 0.354 e. The Morgan fingerprint density at radius 2 is 1.71 bits per heavy atom. The van der Waals surface area contributed by atoms with Gasteiger partial charge in [-0.15, -0.1) is 10.2 Å². The Balaban J connectivity index is 1.65. The molecule has 0 spiro atoms. The fourth-order valence-electron chi connectivity index (χ4n) is 3.02. The molecule has 0 aliphatic carbocycles. The molecule has 1 aliphatic rings. The second-order valence-corrected chi connectivity index (χ2v) is 6.32. The quantitative estimate of drug-likeness (QED) is 0.867. The lowest BCUT2D eigenvalue weighted by molar-refractivity contribution is 0.0754. The molecule has 0 unspecified atom stereocenters. The van der Waals surface area contributed by atoms with Crippen molar-refractivity contribution in [3.63, 3.8) is 0 Å². The summed E-state index contributed by atoms with van der Waals surface area (Å²) < 4.78 is 0. The van der Waals surface area contributed by atoms with Crippen molar-refractivity contribution in [2.45, 2.75) is 32.2 Å². The number of hydrogen-bond acceptors (Lipinski definition) is 4. The van der Waals surface area contributed by atoms with E-state index < -0.39 is 0 Å². The molecule has 1 amide bonds. The number of aromatic nitrogens is 2. The summed E-state index contributed by atoms with van der Waals surface area (Å²) in [5.74, 6) is 0.771. The first-order valence-electron chi connectivity index (χ1n) is 8.62. The standard InChI is InChI=1S/C19H24N4O/c1-22(15-16-9-5-4-6-10-16)18-12-11-17(20-21-18)19(24)23-13-7-2-3-8-14-23/h4-6,9-12H,2-3,7-8,13-15H2,1H3. The van der Waals surface area contributed by atoms with Crippen LogP contribution in [0.3, 0.4) is 0 Å². The number of anilines is 1. The smallest absolute Gasteiger partial charge is 0.274 e. The van der Waals surface area contributed by atoms with Crippen LogP contribution in [0.4, 0.5) is 5.82 Å². The van der Waals surface area contributed by atoms with Gasteiger partial charge in [0.2, 0.25) is 0 Å². The van der Waals surface area contributed by atoms with Crippen molar-refractivity contribution < 1.29 is 4.79 Å². The first-order chi connectivity index (χ1) is 11.7. The van der Waals surface area contributed by atoms with E-state index in [1.165, 1.54) is 18.4 Å². The Bertz CT molecular complexity index is 649. The molecule has 1 fully saturated rings. The third kappa shape index (κ3) is 4.10. The molecule has 126 valence electrons. The maximum atomic E-state index is 12.5. The highest BCUT2D eigenvalue weighted by molar-refractivity contribution is 5.92. The Labute approximate surface area is 143 Å². The van der Waals surface area contributed by atoms with Crippen LogP contribution in [-0.2, 0) is 6.54 Å². The molecule has 0 atom stereocenters. The van der Waals surface area contributed by atoms with Crippen LogP contribution >= 0.6 is 0 Å². The van der Waals surface area contributed by atoms with Crippen molar-refractivity contribution in [2.75, 3.05) is 25.0 Å². The van der Waals surface area contributed by atoms with Gasteiger partial charge in [-0.2, -0.15) is 0 Å². The molecular formula is C19H24N4O. The van der Waals surface area contributed by atoms with Gasteiger partial charge in [-0.05, 0) is 30.5 Å². The first kappa shape index (κ1) is 16.4. The zero-order valence-corrected chi connectivity index (χ0v) is 14.2. The van der Waals surface area contributed by atoms with Crippen molar-refractivity contribution in [2.24, 2.45) is 0 Å². The molecular weight excluding hydrogens is 300 g/mol. The van der Waals surface area contributed by atoms with Gasteiger partial charge >= 0.3 is 0 Å². The normalized spacial score (nSPS) is 15.0. The van der Waals surface area contributed by atoms with Crippen molar-refractivity contribution in [3.05, 3.63) is 53.7 Å². The van der Waals surface area contributed by atoms with Gasteiger partial charge in [0.15, 0.2) is 11.5 Å². The number of rotatable bonds is 4. The molecule has 0 bridgehead atoms. The summed E-state index contributed by atoms with van der Waals surface area (Å²) in [4.78, 5) is 16.5. The highest BCUT2D eigenvalue weighted by atomic mass is 16.2. The van der Waals surface area contributed by atoms with Crippen LogP contribution in [-0.4, -0.2) is 41.1 Å². The van der Waals surface area contributed by atoms with E-state index in [0.29, 0.717) is 5.69 Å². The molecule has 1 aromatic heterocycles. The highest BCUT2D eigenvalue weighted by Crippen LogP contribution is 2.15. The lowest BCUT2D eigenvalue weighted by atomic mass is 10.2. The third-order valence-electron chi connectivity index (χ3n) is 4.42. The zero-order valence-electron chi connectivity index (χ0n) is 14.2. The van der Waals surface area contributed by atoms with E-state index in [1.807, 2.05) is 41.1 Å². The van der Waals surface area contributed by atoms with Crippen LogP contribution in [0.5, 0.6) is 0 Å². The number of carbonyl (C=O) groups excluding carboxylic acids is 1. The molecule has 1 aromatic carbocycles. The number of benzene rings is 1. The maximum absolute atomic E-state index is 12.5. The van der Waals surface area contributed by atoms with Gasteiger partial charge in [-0.1, -0.05) is 43.2 Å². The van der Waals surface area contributed by atoms with E-state index in [9.17, 15) is 4.79 Å². The number of amides is 1. The second-order valence-electron chi connectivity index (χ2n) is 6.32. The van der Waals surface area contributed by atoms with E-state index >= 15 is 0 Å². The van der Waals surface area contributed by atoms with Crippen LogP contribution in [0.25, 0.3) is 0 Å². The molecule has 5 nitrogen and oxygen atoms in total. The highest BCUT2D eigenvalue weighted by Gasteiger charge is 2.19. The van der Waals surface area contributed by atoms with Crippen LogP contribution in [0.1, 0.15) is 41.7 Å². The monoisotopic (exact) mass is 324 g/mol. The Kier molecular flexibility index (Phi) is 5.41.